The molecular weight excluding hydrogens is 255 g/mol. The molecule has 4 nitrogen and oxygen atoms in total. The Morgan fingerprint density at radius 2 is 1.50 bits per heavy atom. The largest absolute Gasteiger partial charge is 0.640 e. The van der Waals surface area contributed by atoms with Crippen molar-refractivity contribution in [3.63, 3.8) is 0 Å². The van der Waals surface area contributed by atoms with Crippen LogP contribution in [0, 0.1) is 0 Å². The summed E-state index contributed by atoms with van der Waals surface area (Å²) in [5.74, 6) is 0.830. The summed E-state index contributed by atoms with van der Waals surface area (Å²) < 4.78 is 22.7. The van der Waals surface area contributed by atoms with E-state index in [1.165, 1.54) is 0 Å². The maximum absolute atomic E-state index is 5.86. The minimum atomic E-state index is -0.642. The molecule has 1 unspecified atom stereocenters. The standard InChI is InChI=1S/C15H23BO4/c1-11(12-7-9-13(17-6)10-8-12)18-16-19-14(2,3)15(4,5)20-16/h7-11H,1-6H3. The van der Waals surface area contributed by atoms with Gasteiger partial charge in [0.05, 0.1) is 24.4 Å². The van der Waals surface area contributed by atoms with Crippen LogP contribution in [-0.2, 0) is 14.0 Å². The molecule has 2 rings (SSSR count). The third-order valence-corrected chi connectivity index (χ3v) is 4.13. The van der Waals surface area contributed by atoms with Crippen molar-refractivity contribution in [2.24, 2.45) is 0 Å². The Kier molecular flexibility index (Phi) is 4.14. The summed E-state index contributed by atoms with van der Waals surface area (Å²) in [5.41, 5.74) is 0.301. The molecule has 1 fully saturated rings. The molecule has 0 spiro atoms. The Morgan fingerprint density at radius 3 is 1.95 bits per heavy atom. The van der Waals surface area contributed by atoms with E-state index < -0.39 is 7.32 Å². The molecule has 1 aliphatic heterocycles. The third-order valence-electron chi connectivity index (χ3n) is 4.13. The van der Waals surface area contributed by atoms with Gasteiger partial charge in [-0.2, -0.15) is 0 Å². The summed E-state index contributed by atoms with van der Waals surface area (Å²) in [7, 11) is 1.01. The van der Waals surface area contributed by atoms with Crippen LogP contribution >= 0.6 is 0 Å². The van der Waals surface area contributed by atoms with E-state index in [-0.39, 0.29) is 17.3 Å². The van der Waals surface area contributed by atoms with Gasteiger partial charge in [0.2, 0.25) is 0 Å². The molecule has 1 aromatic rings. The Morgan fingerprint density at radius 1 is 1.00 bits per heavy atom. The van der Waals surface area contributed by atoms with Gasteiger partial charge in [-0.25, -0.2) is 0 Å². The molecule has 0 amide bonds. The van der Waals surface area contributed by atoms with Crippen LogP contribution in [0.3, 0.4) is 0 Å². The van der Waals surface area contributed by atoms with Crippen molar-refractivity contribution < 1.29 is 18.7 Å². The van der Waals surface area contributed by atoms with Crippen molar-refractivity contribution >= 4 is 7.32 Å². The fraction of sp³-hybridized carbons (Fsp3) is 0.600. The molecule has 0 bridgehead atoms. The highest BCUT2D eigenvalue weighted by atomic mass is 16.8. The number of methoxy groups -OCH3 is 1. The van der Waals surface area contributed by atoms with Gasteiger partial charge < -0.3 is 18.7 Å². The van der Waals surface area contributed by atoms with Gasteiger partial charge in [-0.1, -0.05) is 12.1 Å². The van der Waals surface area contributed by atoms with Crippen molar-refractivity contribution in [1.82, 2.24) is 0 Å². The first-order valence-corrected chi connectivity index (χ1v) is 6.90. The van der Waals surface area contributed by atoms with E-state index in [4.69, 9.17) is 18.7 Å². The number of hydrogen-bond donors (Lipinski definition) is 0. The summed E-state index contributed by atoms with van der Waals surface area (Å²) in [5, 5.41) is 0. The van der Waals surface area contributed by atoms with E-state index in [0.717, 1.165) is 11.3 Å². The maximum atomic E-state index is 5.86. The van der Waals surface area contributed by atoms with Gasteiger partial charge in [0.25, 0.3) is 0 Å². The van der Waals surface area contributed by atoms with Crippen LogP contribution in [0.5, 0.6) is 5.75 Å². The summed E-state index contributed by atoms with van der Waals surface area (Å²) in [4.78, 5) is 0. The molecule has 5 heteroatoms. The van der Waals surface area contributed by atoms with E-state index in [9.17, 15) is 0 Å². The van der Waals surface area contributed by atoms with Gasteiger partial charge >= 0.3 is 7.32 Å². The zero-order chi connectivity index (χ0) is 15.0. The molecule has 20 heavy (non-hydrogen) atoms. The van der Waals surface area contributed by atoms with E-state index in [0.29, 0.717) is 0 Å². The lowest BCUT2D eigenvalue weighted by molar-refractivity contribution is 0.00578. The van der Waals surface area contributed by atoms with Crippen LogP contribution in [0.1, 0.15) is 46.3 Å². The molecular formula is C15H23BO4. The molecule has 0 saturated carbocycles. The van der Waals surface area contributed by atoms with Crippen LogP contribution in [-0.4, -0.2) is 25.6 Å². The highest BCUT2D eigenvalue weighted by Crippen LogP contribution is 2.38. The highest BCUT2D eigenvalue weighted by molar-refractivity contribution is 6.37. The average Bonchev–Trinajstić information content (AvgIpc) is 2.57. The molecule has 1 aliphatic rings. The van der Waals surface area contributed by atoms with Crippen LogP contribution in [0.2, 0.25) is 0 Å². The molecule has 110 valence electrons. The molecule has 0 radical (unpaired) electrons. The first-order valence-electron chi connectivity index (χ1n) is 6.90. The fourth-order valence-corrected chi connectivity index (χ4v) is 1.96. The number of ether oxygens (including phenoxy) is 1. The van der Waals surface area contributed by atoms with Crippen molar-refractivity contribution in [1.29, 1.82) is 0 Å². The van der Waals surface area contributed by atoms with Gasteiger partial charge in [0.1, 0.15) is 5.75 Å². The van der Waals surface area contributed by atoms with Gasteiger partial charge in [0.15, 0.2) is 0 Å². The molecule has 0 aliphatic carbocycles. The molecule has 1 aromatic carbocycles. The van der Waals surface area contributed by atoms with E-state index in [1.54, 1.807) is 7.11 Å². The van der Waals surface area contributed by atoms with Gasteiger partial charge in [-0.15, -0.1) is 0 Å². The predicted molar refractivity (Wildman–Crippen MR) is 78.6 cm³/mol. The summed E-state index contributed by atoms with van der Waals surface area (Å²) in [6, 6.07) is 7.79. The van der Waals surface area contributed by atoms with Crippen molar-refractivity contribution in [2.45, 2.75) is 51.9 Å². The lowest BCUT2D eigenvalue weighted by Gasteiger charge is -2.31. The minimum absolute atomic E-state index is 0.115. The van der Waals surface area contributed by atoms with Crippen molar-refractivity contribution in [3.05, 3.63) is 29.8 Å². The lowest BCUT2D eigenvalue weighted by Crippen LogP contribution is -2.41. The maximum Gasteiger partial charge on any atom is 0.640 e. The second-order valence-electron chi connectivity index (χ2n) is 6.10. The van der Waals surface area contributed by atoms with Gasteiger partial charge in [-0.3, -0.25) is 0 Å². The van der Waals surface area contributed by atoms with Crippen molar-refractivity contribution in [3.8, 4) is 5.75 Å². The van der Waals surface area contributed by atoms with Crippen LogP contribution < -0.4 is 4.74 Å². The van der Waals surface area contributed by atoms with E-state index >= 15 is 0 Å². The number of benzene rings is 1. The Bertz CT molecular complexity index is 439. The lowest BCUT2D eigenvalue weighted by atomic mass is 9.90. The monoisotopic (exact) mass is 278 g/mol. The van der Waals surface area contributed by atoms with Gasteiger partial charge in [-0.05, 0) is 52.3 Å². The first-order chi connectivity index (χ1) is 9.25. The van der Waals surface area contributed by atoms with E-state index in [1.807, 2.05) is 58.9 Å². The topological polar surface area (TPSA) is 36.9 Å². The summed E-state index contributed by atoms with van der Waals surface area (Å²) >= 11 is 0. The second-order valence-corrected chi connectivity index (χ2v) is 6.10. The van der Waals surface area contributed by atoms with Crippen LogP contribution in [0.4, 0.5) is 0 Å². The number of rotatable bonds is 4. The smallest absolute Gasteiger partial charge is 0.497 e. The Balaban J connectivity index is 2.00. The molecule has 0 aromatic heterocycles. The van der Waals surface area contributed by atoms with E-state index in [2.05, 4.69) is 0 Å². The highest BCUT2D eigenvalue weighted by Gasteiger charge is 2.53. The van der Waals surface area contributed by atoms with Crippen LogP contribution in [0.15, 0.2) is 24.3 Å². The minimum Gasteiger partial charge on any atom is -0.497 e. The second kappa shape index (κ2) is 5.39. The fourth-order valence-electron chi connectivity index (χ4n) is 1.96. The number of hydrogen-bond acceptors (Lipinski definition) is 4. The molecule has 1 heterocycles. The van der Waals surface area contributed by atoms with Gasteiger partial charge in [0, 0.05) is 0 Å². The Hall–Kier alpha value is -1.04. The zero-order valence-electron chi connectivity index (χ0n) is 13.1. The summed E-state index contributed by atoms with van der Waals surface area (Å²) in [6.45, 7) is 10.0. The third kappa shape index (κ3) is 3.00. The Labute approximate surface area is 121 Å². The normalized spacial score (nSPS) is 21.8. The van der Waals surface area contributed by atoms with Crippen LogP contribution in [0.25, 0.3) is 0 Å². The quantitative estimate of drug-likeness (QED) is 0.791. The zero-order valence-corrected chi connectivity index (χ0v) is 13.1. The molecule has 1 saturated heterocycles. The predicted octanol–water partition coefficient (Wildman–Crippen LogP) is 3.36. The molecule has 1 atom stereocenters. The summed E-state index contributed by atoms with van der Waals surface area (Å²) in [6.07, 6.45) is -0.115. The average molecular weight is 278 g/mol. The first kappa shape index (κ1) is 15.4. The molecule has 0 N–H and O–H groups in total. The van der Waals surface area contributed by atoms with Crippen molar-refractivity contribution in [2.75, 3.05) is 7.11 Å². The SMILES string of the molecule is COc1ccc(C(C)OB2OC(C)(C)C(C)(C)O2)cc1.